The van der Waals surface area contributed by atoms with Crippen LogP contribution in [-0.2, 0) is 0 Å². The van der Waals surface area contributed by atoms with Gasteiger partial charge in [-0.25, -0.2) is 14.4 Å². The van der Waals surface area contributed by atoms with Crippen LogP contribution in [0.2, 0.25) is 0 Å². The van der Waals surface area contributed by atoms with Crippen LogP contribution < -0.4 is 10.1 Å². The molecule has 2 aromatic heterocycles. The van der Waals surface area contributed by atoms with Crippen molar-refractivity contribution in [3.8, 4) is 17.1 Å². The van der Waals surface area contributed by atoms with Crippen molar-refractivity contribution in [3.63, 3.8) is 0 Å². The molecule has 4 rings (SSSR count). The molecule has 0 unspecified atom stereocenters. The monoisotopic (exact) mass is 377 g/mol. The molecule has 7 heteroatoms. The van der Waals surface area contributed by atoms with E-state index < -0.39 is 6.36 Å². The van der Waals surface area contributed by atoms with E-state index in [1.807, 2.05) is 18.2 Å². The molecule has 1 atom stereocenters. The second kappa shape index (κ2) is 7.48. The number of nitrogens with one attached hydrogen (secondary N) is 1. The number of fused-ring (bicyclic) bond motifs is 1. The van der Waals surface area contributed by atoms with Crippen LogP contribution in [0.15, 0.2) is 71.7 Å². The van der Waals surface area contributed by atoms with Crippen LogP contribution in [0.25, 0.3) is 22.1 Å². The number of benzene rings is 2. The van der Waals surface area contributed by atoms with Gasteiger partial charge < -0.3 is 14.5 Å². The summed E-state index contributed by atoms with van der Waals surface area (Å²) in [5.74, 6) is 1.12. The van der Waals surface area contributed by atoms with Crippen molar-refractivity contribution in [2.24, 2.45) is 0 Å². The highest BCUT2D eigenvalue weighted by molar-refractivity contribution is 6.04. The summed E-state index contributed by atoms with van der Waals surface area (Å²) in [7, 11) is 0. The second-order valence-electron chi connectivity index (χ2n) is 6.14. The molecule has 0 aliphatic carbocycles. The molecule has 0 saturated heterocycles. The van der Waals surface area contributed by atoms with Crippen LogP contribution in [0.1, 0.15) is 17.3 Å². The van der Waals surface area contributed by atoms with E-state index in [4.69, 9.17) is 9.15 Å². The predicted molar refractivity (Wildman–Crippen MR) is 103 cm³/mol. The molecule has 28 heavy (non-hydrogen) atoms. The van der Waals surface area contributed by atoms with Crippen molar-refractivity contribution in [2.45, 2.75) is 13.3 Å². The molecule has 4 aromatic rings. The number of ether oxygens (including phenoxy) is 1. The highest BCUT2D eigenvalue weighted by Crippen LogP contribution is 2.25. The van der Waals surface area contributed by atoms with Gasteiger partial charge in [0, 0.05) is 29.6 Å². The second-order valence-corrected chi connectivity index (χ2v) is 6.14. The number of rotatable bonds is 5. The first-order chi connectivity index (χ1) is 13.6. The Bertz CT molecular complexity index is 1110. The van der Waals surface area contributed by atoms with Crippen LogP contribution >= 0.6 is 0 Å². The lowest BCUT2D eigenvalue weighted by Gasteiger charge is -2.09. The van der Waals surface area contributed by atoms with Gasteiger partial charge >= 0.3 is 0 Å². The van der Waals surface area contributed by atoms with Crippen LogP contribution in [-0.4, -0.2) is 22.2 Å². The Labute approximate surface area is 160 Å². The van der Waals surface area contributed by atoms with Gasteiger partial charge in [-0.05, 0) is 41.8 Å². The number of carbonyl (C=O) groups excluding carboxylic acids is 1. The third kappa shape index (κ3) is 3.83. The minimum atomic E-state index is -1.41. The van der Waals surface area contributed by atoms with Crippen molar-refractivity contribution in [2.75, 3.05) is 5.32 Å². The Hall–Kier alpha value is -3.74. The highest BCUT2D eigenvalue weighted by Gasteiger charge is 2.09. The van der Waals surface area contributed by atoms with Gasteiger partial charge in [-0.15, -0.1) is 0 Å². The van der Waals surface area contributed by atoms with Crippen LogP contribution in [0.3, 0.4) is 0 Å². The van der Waals surface area contributed by atoms with Crippen LogP contribution in [0, 0.1) is 0 Å². The van der Waals surface area contributed by atoms with Crippen LogP contribution in [0.4, 0.5) is 10.2 Å². The maximum Gasteiger partial charge on any atom is 0.256 e. The fourth-order valence-electron chi connectivity index (χ4n) is 2.78. The lowest BCUT2D eigenvalue weighted by atomic mass is 10.1. The molecule has 1 amide bonds. The SMILES string of the molecule is C[C@H](F)Oc1ccc(C(=O)Nc2cc3cc(-c4cnco4)ccc3cn2)cc1. The van der Waals surface area contributed by atoms with Gasteiger partial charge in [0.15, 0.2) is 12.2 Å². The summed E-state index contributed by atoms with van der Waals surface area (Å²) in [6.07, 6.45) is 3.29. The van der Waals surface area contributed by atoms with E-state index in [9.17, 15) is 9.18 Å². The molecule has 0 aliphatic rings. The zero-order valence-electron chi connectivity index (χ0n) is 14.9. The van der Waals surface area contributed by atoms with Crippen LogP contribution in [0.5, 0.6) is 5.75 Å². The van der Waals surface area contributed by atoms with Gasteiger partial charge in [-0.3, -0.25) is 4.79 Å². The third-order valence-corrected chi connectivity index (χ3v) is 4.10. The summed E-state index contributed by atoms with van der Waals surface area (Å²) >= 11 is 0. The molecule has 0 aliphatic heterocycles. The number of carbonyl (C=O) groups is 1. The van der Waals surface area contributed by atoms with Crippen molar-refractivity contribution >= 4 is 22.5 Å². The van der Waals surface area contributed by atoms with E-state index in [1.165, 1.54) is 13.3 Å². The normalized spacial score (nSPS) is 11.9. The van der Waals surface area contributed by atoms with E-state index in [0.717, 1.165) is 16.3 Å². The molecule has 2 heterocycles. The minimum absolute atomic E-state index is 0.321. The number of aromatic nitrogens is 2. The van der Waals surface area contributed by atoms with E-state index in [1.54, 1.807) is 42.7 Å². The summed E-state index contributed by atoms with van der Waals surface area (Å²) in [5, 5.41) is 4.60. The maximum absolute atomic E-state index is 12.9. The Morgan fingerprint density at radius 3 is 2.64 bits per heavy atom. The van der Waals surface area contributed by atoms with Crippen molar-refractivity contribution in [3.05, 3.63) is 72.9 Å². The average Bonchev–Trinajstić information content (AvgIpc) is 3.22. The van der Waals surface area contributed by atoms with Gasteiger partial charge in [0.1, 0.15) is 11.6 Å². The first kappa shape index (κ1) is 17.7. The maximum atomic E-state index is 12.9. The third-order valence-electron chi connectivity index (χ3n) is 4.10. The number of nitrogens with zero attached hydrogens (tertiary/aromatic N) is 2. The lowest BCUT2D eigenvalue weighted by Crippen LogP contribution is -2.13. The molecule has 0 fully saturated rings. The fraction of sp³-hybridized carbons (Fsp3) is 0.0952. The fourth-order valence-corrected chi connectivity index (χ4v) is 2.78. The first-order valence-electron chi connectivity index (χ1n) is 8.59. The predicted octanol–water partition coefficient (Wildman–Crippen LogP) is 4.84. The van der Waals surface area contributed by atoms with Gasteiger partial charge in [-0.1, -0.05) is 12.1 Å². The van der Waals surface area contributed by atoms with Crippen molar-refractivity contribution < 1.29 is 18.3 Å². The largest absolute Gasteiger partial charge is 0.461 e. The van der Waals surface area contributed by atoms with E-state index in [-0.39, 0.29) is 5.91 Å². The lowest BCUT2D eigenvalue weighted by molar-refractivity contribution is 0.0860. The Balaban J connectivity index is 1.54. The van der Waals surface area contributed by atoms with E-state index in [2.05, 4.69) is 15.3 Å². The molecule has 140 valence electrons. The number of oxazole rings is 1. The molecule has 0 spiro atoms. The molecule has 0 radical (unpaired) electrons. The summed E-state index contributed by atoms with van der Waals surface area (Å²) < 4.78 is 23.1. The zero-order valence-corrected chi connectivity index (χ0v) is 14.9. The van der Waals surface area contributed by atoms with Gasteiger partial charge in [0.05, 0.1) is 6.20 Å². The molecule has 6 nitrogen and oxygen atoms in total. The number of halogens is 1. The number of amides is 1. The number of hydrogen-bond donors (Lipinski definition) is 1. The first-order valence-corrected chi connectivity index (χ1v) is 8.59. The summed E-state index contributed by atoms with van der Waals surface area (Å²) in [5.41, 5.74) is 1.29. The summed E-state index contributed by atoms with van der Waals surface area (Å²) in [6, 6.07) is 13.8. The van der Waals surface area contributed by atoms with E-state index >= 15 is 0 Å². The van der Waals surface area contributed by atoms with Crippen molar-refractivity contribution in [1.29, 1.82) is 0 Å². The van der Waals surface area contributed by atoms with Gasteiger partial charge in [-0.2, -0.15) is 0 Å². The topological polar surface area (TPSA) is 77.2 Å². The quantitative estimate of drug-likeness (QED) is 0.539. The molecular formula is C21H16FN3O3. The zero-order chi connectivity index (χ0) is 19.5. The molecule has 0 saturated carbocycles. The number of hydrogen-bond acceptors (Lipinski definition) is 5. The average molecular weight is 377 g/mol. The van der Waals surface area contributed by atoms with E-state index in [0.29, 0.717) is 22.9 Å². The number of anilines is 1. The smallest absolute Gasteiger partial charge is 0.256 e. The molecule has 1 N–H and O–H groups in total. The highest BCUT2D eigenvalue weighted by atomic mass is 19.1. The Kier molecular flexibility index (Phi) is 4.72. The molecular weight excluding hydrogens is 361 g/mol. The van der Waals surface area contributed by atoms with Gasteiger partial charge in [0.2, 0.25) is 6.36 Å². The summed E-state index contributed by atoms with van der Waals surface area (Å²) in [6.45, 7) is 1.29. The standard InChI is InChI=1S/C21H16FN3O3/c1-13(22)28-18-6-4-14(5-7-18)21(26)25-20-9-17-8-15(19-11-23-12-27-19)2-3-16(17)10-24-20/h2-13H,1H3,(H,24,25,26)/t13-/m1/s1. The molecule has 2 aromatic carbocycles. The minimum Gasteiger partial charge on any atom is -0.461 e. The Morgan fingerprint density at radius 1 is 1.11 bits per heavy atom. The number of alkyl halides is 1. The molecule has 0 bridgehead atoms. The Morgan fingerprint density at radius 2 is 1.93 bits per heavy atom. The number of pyridine rings is 1. The van der Waals surface area contributed by atoms with Gasteiger partial charge in [0.25, 0.3) is 5.91 Å². The van der Waals surface area contributed by atoms with Crippen molar-refractivity contribution in [1.82, 2.24) is 9.97 Å². The summed E-state index contributed by atoms with van der Waals surface area (Å²) in [4.78, 5) is 20.7.